The van der Waals surface area contributed by atoms with Crippen molar-refractivity contribution in [2.75, 3.05) is 5.32 Å². The van der Waals surface area contributed by atoms with Gasteiger partial charge in [-0.2, -0.15) is 0 Å². The fourth-order valence-electron chi connectivity index (χ4n) is 1.75. The van der Waals surface area contributed by atoms with E-state index in [-0.39, 0.29) is 5.69 Å². The van der Waals surface area contributed by atoms with Gasteiger partial charge < -0.3 is 5.32 Å². The lowest BCUT2D eigenvalue weighted by Gasteiger charge is -2.12. The van der Waals surface area contributed by atoms with E-state index in [0.717, 1.165) is 19.1 Å². The van der Waals surface area contributed by atoms with Crippen molar-refractivity contribution in [3.8, 4) is 0 Å². The Labute approximate surface area is 151 Å². The third kappa shape index (κ3) is 4.18. The highest BCUT2D eigenvalue weighted by molar-refractivity contribution is 9.11. The summed E-state index contributed by atoms with van der Waals surface area (Å²) < 4.78 is 2.62. The molecule has 0 amide bonds. The van der Waals surface area contributed by atoms with E-state index in [2.05, 4.69) is 53.1 Å². The van der Waals surface area contributed by atoms with Crippen molar-refractivity contribution in [2.24, 2.45) is 0 Å². The fourth-order valence-corrected chi connectivity index (χ4v) is 4.46. The van der Waals surface area contributed by atoms with Gasteiger partial charge in [0.05, 0.1) is 10.6 Å². The van der Waals surface area contributed by atoms with E-state index in [1.807, 2.05) is 12.1 Å². The van der Waals surface area contributed by atoms with Gasteiger partial charge in [-0.1, -0.05) is 27.5 Å². The minimum absolute atomic E-state index is 0.000596. The standard InChI is InChI=1S/C13H8Br3ClN2O2/c14-8-3-10(15)13(11(16)4-8)18-6-7-1-2-9(17)5-12(7)19(20)21/h1-5,18H,6H2. The number of nitrogens with zero attached hydrogens (tertiary/aromatic N) is 1. The van der Waals surface area contributed by atoms with Crippen LogP contribution in [0.5, 0.6) is 0 Å². The van der Waals surface area contributed by atoms with Gasteiger partial charge in [0.25, 0.3) is 5.69 Å². The topological polar surface area (TPSA) is 55.2 Å². The minimum atomic E-state index is -0.436. The molecule has 0 saturated heterocycles. The van der Waals surface area contributed by atoms with Crippen molar-refractivity contribution in [2.45, 2.75) is 6.54 Å². The molecule has 0 aliphatic heterocycles. The Kier molecular flexibility index (Phi) is 5.65. The zero-order chi connectivity index (χ0) is 15.6. The van der Waals surface area contributed by atoms with Crippen molar-refractivity contribution in [1.82, 2.24) is 0 Å². The van der Waals surface area contributed by atoms with E-state index in [4.69, 9.17) is 11.6 Å². The summed E-state index contributed by atoms with van der Waals surface area (Å²) in [6.45, 7) is 0.312. The molecule has 0 aromatic heterocycles. The summed E-state index contributed by atoms with van der Waals surface area (Å²) in [6, 6.07) is 8.42. The van der Waals surface area contributed by atoms with Crippen molar-refractivity contribution in [3.63, 3.8) is 0 Å². The Morgan fingerprint density at radius 3 is 2.33 bits per heavy atom. The molecular formula is C13H8Br3ClN2O2. The van der Waals surface area contributed by atoms with Crippen molar-refractivity contribution >= 4 is 70.8 Å². The van der Waals surface area contributed by atoms with Crippen molar-refractivity contribution in [3.05, 3.63) is 64.5 Å². The number of nitro benzene ring substituents is 1. The lowest BCUT2D eigenvalue weighted by Crippen LogP contribution is -2.04. The maximum absolute atomic E-state index is 11.1. The third-order valence-corrected chi connectivity index (χ3v) is 4.65. The predicted molar refractivity (Wildman–Crippen MR) is 95.0 cm³/mol. The summed E-state index contributed by atoms with van der Waals surface area (Å²) in [6.07, 6.45) is 0. The monoisotopic (exact) mass is 496 g/mol. The SMILES string of the molecule is O=[N+]([O-])c1cc(Cl)ccc1CNc1c(Br)cc(Br)cc1Br. The smallest absolute Gasteiger partial charge is 0.275 e. The molecule has 0 heterocycles. The third-order valence-electron chi connectivity index (χ3n) is 2.71. The summed E-state index contributed by atoms with van der Waals surface area (Å²) in [5.74, 6) is 0. The lowest BCUT2D eigenvalue weighted by atomic mass is 10.1. The number of nitro groups is 1. The van der Waals surface area contributed by atoms with E-state index >= 15 is 0 Å². The fraction of sp³-hybridized carbons (Fsp3) is 0.0769. The van der Waals surface area contributed by atoms with Gasteiger partial charge in [-0.25, -0.2) is 0 Å². The summed E-state index contributed by atoms with van der Waals surface area (Å²) in [5.41, 5.74) is 1.38. The number of hydrogen-bond acceptors (Lipinski definition) is 3. The largest absolute Gasteiger partial charge is 0.379 e. The van der Waals surface area contributed by atoms with Crippen LogP contribution in [-0.4, -0.2) is 4.92 Å². The Morgan fingerprint density at radius 2 is 1.76 bits per heavy atom. The number of rotatable bonds is 4. The Hall–Kier alpha value is -0.630. The first kappa shape index (κ1) is 16.7. The van der Waals surface area contributed by atoms with Gasteiger partial charge in [-0.3, -0.25) is 10.1 Å². The molecule has 0 radical (unpaired) electrons. The summed E-state index contributed by atoms with van der Waals surface area (Å²) >= 11 is 16.1. The first-order valence-corrected chi connectivity index (χ1v) is 8.45. The molecule has 0 saturated carbocycles. The molecule has 0 atom stereocenters. The maximum Gasteiger partial charge on any atom is 0.275 e. The molecule has 110 valence electrons. The Morgan fingerprint density at radius 1 is 1.14 bits per heavy atom. The summed E-state index contributed by atoms with van der Waals surface area (Å²) in [5, 5.41) is 14.6. The van der Waals surface area contributed by atoms with Crippen LogP contribution in [0, 0.1) is 10.1 Å². The highest BCUT2D eigenvalue weighted by Gasteiger charge is 2.15. The van der Waals surface area contributed by atoms with Crippen LogP contribution in [-0.2, 0) is 6.54 Å². The van der Waals surface area contributed by atoms with Crippen LogP contribution in [0.2, 0.25) is 5.02 Å². The van der Waals surface area contributed by atoms with Gasteiger partial charge >= 0.3 is 0 Å². The second-order valence-corrected chi connectivity index (χ2v) is 7.19. The molecule has 2 rings (SSSR count). The second kappa shape index (κ2) is 7.09. The van der Waals surface area contributed by atoms with Gasteiger partial charge in [0.2, 0.25) is 0 Å². The van der Waals surface area contributed by atoms with E-state index in [1.165, 1.54) is 6.07 Å². The lowest BCUT2D eigenvalue weighted by molar-refractivity contribution is -0.385. The molecule has 8 heteroatoms. The average molecular weight is 499 g/mol. The number of halogens is 4. The van der Waals surface area contributed by atoms with Crippen LogP contribution >= 0.6 is 59.4 Å². The van der Waals surface area contributed by atoms with Crippen molar-refractivity contribution < 1.29 is 4.92 Å². The quantitative estimate of drug-likeness (QED) is 0.406. The van der Waals surface area contributed by atoms with Crippen molar-refractivity contribution in [1.29, 1.82) is 0 Å². The Balaban J connectivity index is 2.27. The van der Waals surface area contributed by atoms with Crippen LogP contribution in [0.4, 0.5) is 11.4 Å². The molecule has 4 nitrogen and oxygen atoms in total. The molecule has 0 fully saturated rings. The summed E-state index contributed by atoms with van der Waals surface area (Å²) in [4.78, 5) is 10.6. The van der Waals surface area contributed by atoms with Gasteiger partial charge in [0, 0.05) is 36.6 Å². The number of benzene rings is 2. The second-order valence-electron chi connectivity index (χ2n) is 4.13. The van der Waals surface area contributed by atoms with Crippen LogP contribution in [0.25, 0.3) is 0 Å². The number of nitrogens with one attached hydrogen (secondary N) is 1. The molecule has 21 heavy (non-hydrogen) atoms. The highest BCUT2D eigenvalue weighted by atomic mass is 79.9. The normalized spacial score (nSPS) is 10.5. The average Bonchev–Trinajstić information content (AvgIpc) is 2.38. The zero-order valence-electron chi connectivity index (χ0n) is 10.4. The van der Waals surface area contributed by atoms with Gasteiger partial charge in [-0.15, -0.1) is 0 Å². The predicted octanol–water partition coefficient (Wildman–Crippen LogP) is 6.15. The first-order valence-electron chi connectivity index (χ1n) is 5.69. The van der Waals surface area contributed by atoms with Gasteiger partial charge in [-0.05, 0) is 56.1 Å². The minimum Gasteiger partial charge on any atom is -0.379 e. The van der Waals surface area contributed by atoms with Crippen LogP contribution < -0.4 is 5.32 Å². The maximum atomic E-state index is 11.1. The van der Waals surface area contributed by atoms with E-state index in [0.29, 0.717) is 17.1 Å². The van der Waals surface area contributed by atoms with E-state index in [9.17, 15) is 10.1 Å². The molecule has 1 N–H and O–H groups in total. The van der Waals surface area contributed by atoms with Crippen LogP contribution in [0.3, 0.4) is 0 Å². The van der Waals surface area contributed by atoms with Crippen LogP contribution in [0.1, 0.15) is 5.56 Å². The molecule has 2 aromatic rings. The van der Waals surface area contributed by atoms with Crippen LogP contribution in [0.15, 0.2) is 43.7 Å². The molecule has 2 aromatic carbocycles. The highest BCUT2D eigenvalue weighted by Crippen LogP contribution is 2.35. The first-order chi connectivity index (χ1) is 9.88. The molecule has 0 aliphatic carbocycles. The number of hydrogen-bond donors (Lipinski definition) is 1. The molecule has 0 spiro atoms. The van der Waals surface area contributed by atoms with E-state index < -0.39 is 4.92 Å². The number of anilines is 1. The molecule has 0 unspecified atom stereocenters. The zero-order valence-corrected chi connectivity index (χ0v) is 15.9. The Bertz CT molecular complexity index is 687. The van der Waals surface area contributed by atoms with Gasteiger partial charge in [0.1, 0.15) is 0 Å². The summed E-state index contributed by atoms with van der Waals surface area (Å²) in [7, 11) is 0. The van der Waals surface area contributed by atoms with Gasteiger partial charge in [0.15, 0.2) is 0 Å². The molecule has 0 bridgehead atoms. The van der Waals surface area contributed by atoms with E-state index in [1.54, 1.807) is 12.1 Å². The molecular weight excluding hydrogens is 491 g/mol. The molecule has 0 aliphatic rings.